The molecule has 3 rings (SSSR count). The number of benzene rings is 2. The van der Waals surface area contributed by atoms with E-state index in [4.69, 9.17) is 0 Å². The van der Waals surface area contributed by atoms with Gasteiger partial charge in [0.1, 0.15) is 5.82 Å². The monoisotopic (exact) mass is 310 g/mol. The van der Waals surface area contributed by atoms with Crippen LogP contribution in [0.4, 0.5) is 0 Å². The van der Waals surface area contributed by atoms with Crippen molar-refractivity contribution in [3.05, 3.63) is 53.3 Å². The molecule has 0 aliphatic rings. The van der Waals surface area contributed by atoms with Crippen LogP contribution in [0.2, 0.25) is 0 Å². The fraction of sp³-hybridized carbons (Fsp3) is 0.222. The van der Waals surface area contributed by atoms with Gasteiger partial charge in [0.2, 0.25) is 0 Å². The fourth-order valence-electron chi connectivity index (χ4n) is 2.75. The van der Waals surface area contributed by atoms with E-state index < -0.39 is 11.6 Å². The molecule has 2 aromatic carbocycles. The molecular formula is C18H18N2O3. The Morgan fingerprint density at radius 1 is 1.17 bits per heavy atom. The fourth-order valence-corrected chi connectivity index (χ4v) is 2.75. The van der Waals surface area contributed by atoms with Crippen LogP contribution in [0.1, 0.15) is 35.6 Å². The molecule has 1 heterocycles. The Morgan fingerprint density at radius 2 is 1.91 bits per heavy atom. The van der Waals surface area contributed by atoms with Gasteiger partial charge < -0.3 is 15.2 Å². The molecule has 0 bridgehead atoms. The molecule has 0 fully saturated rings. The number of aromatic amines is 1. The molecular weight excluding hydrogens is 292 g/mol. The van der Waals surface area contributed by atoms with E-state index in [2.05, 4.69) is 9.97 Å². The van der Waals surface area contributed by atoms with E-state index in [-0.39, 0.29) is 5.56 Å². The lowest BCUT2D eigenvalue weighted by atomic mass is 9.88. The van der Waals surface area contributed by atoms with Crippen molar-refractivity contribution in [3.8, 4) is 11.1 Å². The molecule has 0 saturated heterocycles. The maximum Gasteiger partial charge on any atom is 0.335 e. The highest BCUT2D eigenvalue weighted by Crippen LogP contribution is 2.33. The summed E-state index contributed by atoms with van der Waals surface area (Å²) in [5, 5.41) is 19.7. The number of hydrogen-bond acceptors (Lipinski definition) is 3. The summed E-state index contributed by atoms with van der Waals surface area (Å²) in [5.74, 6) is -0.176. The number of carbonyl (C=O) groups is 1. The third-order valence-electron chi connectivity index (χ3n) is 3.84. The highest BCUT2D eigenvalue weighted by atomic mass is 16.4. The molecule has 5 heteroatoms. The van der Waals surface area contributed by atoms with Crippen molar-refractivity contribution >= 4 is 17.0 Å². The second-order valence-electron chi connectivity index (χ2n) is 6.18. The van der Waals surface area contributed by atoms with E-state index in [1.807, 2.05) is 25.1 Å². The highest BCUT2D eigenvalue weighted by molar-refractivity contribution is 5.91. The zero-order valence-electron chi connectivity index (χ0n) is 13.2. The number of aromatic nitrogens is 2. The van der Waals surface area contributed by atoms with Gasteiger partial charge in [-0.05, 0) is 61.7 Å². The van der Waals surface area contributed by atoms with Crippen LogP contribution in [0.3, 0.4) is 0 Å². The number of fused-ring (bicyclic) bond motifs is 1. The minimum Gasteiger partial charge on any atom is -0.478 e. The van der Waals surface area contributed by atoms with Crippen LogP contribution in [0.15, 0.2) is 36.4 Å². The largest absolute Gasteiger partial charge is 0.478 e. The normalized spacial score (nSPS) is 11.8. The molecule has 0 saturated carbocycles. The van der Waals surface area contributed by atoms with E-state index in [0.29, 0.717) is 11.1 Å². The van der Waals surface area contributed by atoms with Crippen LogP contribution < -0.4 is 0 Å². The van der Waals surface area contributed by atoms with Crippen molar-refractivity contribution < 1.29 is 15.0 Å². The van der Waals surface area contributed by atoms with Crippen molar-refractivity contribution in [1.82, 2.24) is 9.97 Å². The number of imidazole rings is 1. The Hall–Kier alpha value is -2.66. The van der Waals surface area contributed by atoms with Gasteiger partial charge >= 0.3 is 5.97 Å². The van der Waals surface area contributed by atoms with Gasteiger partial charge in [-0.25, -0.2) is 9.78 Å². The topological polar surface area (TPSA) is 86.2 Å². The van der Waals surface area contributed by atoms with Gasteiger partial charge in [-0.15, -0.1) is 0 Å². The van der Waals surface area contributed by atoms with Gasteiger partial charge in [0.15, 0.2) is 0 Å². The average molecular weight is 310 g/mol. The number of hydrogen-bond donors (Lipinski definition) is 3. The molecule has 3 aromatic rings. The van der Waals surface area contributed by atoms with Gasteiger partial charge in [0.25, 0.3) is 0 Å². The summed E-state index contributed by atoms with van der Waals surface area (Å²) in [6.07, 6.45) is 0. The van der Waals surface area contributed by atoms with Gasteiger partial charge in [-0.2, -0.15) is 0 Å². The minimum atomic E-state index is -1.08. The number of carboxylic acids is 1. The summed E-state index contributed by atoms with van der Waals surface area (Å²) in [5.41, 5.74) is 3.03. The van der Waals surface area contributed by atoms with E-state index in [9.17, 15) is 15.0 Å². The first-order chi connectivity index (χ1) is 10.8. The zero-order valence-corrected chi connectivity index (χ0v) is 13.2. The Bertz CT molecular complexity index is 904. The molecule has 5 nitrogen and oxygen atoms in total. The van der Waals surface area contributed by atoms with Gasteiger partial charge in [0.05, 0.1) is 22.2 Å². The Labute approximate surface area is 133 Å². The van der Waals surface area contributed by atoms with E-state index >= 15 is 0 Å². The number of H-pyrrole nitrogens is 1. The van der Waals surface area contributed by atoms with Crippen LogP contribution >= 0.6 is 0 Å². The number of aryl methyl sites for hydroxylation is 1. The maximum atomic E-state index is 11.3. The summed E-state index contributed by atoms with van der Waals surface area (Å²) in [6.45, 7) is 5.25. The van der Waals surface area contributed by atoms with Crippen LogP contribution in [0.25, 0.3) is 22.2 Å². The number of aromatic carboxylic acids is 1. The molecule has 0 unspecified atom stereocenters. The van der Waals surface area contributed by atoms with Crippen molar-refractivity contribution in [2.75, 3.05) is 0 Å². The van der Waals surface area contributed by atoms with Crippen molar-refractivity contribution in [1.29, 1.82) is 0 Å². The quantitative estimate of drug-likeness (QED) is 0.691. The molecule has 0 aliphatic heterocycles. The SMILES string of the molecule is Cc1nc2cc(-c3cc(C(=O)O)ccc3C(C)(C)O)ccc2[nH]1. The average Bonchev–Trinajstić information content (AvgIpc) is 2.84. The second kappa shape index (κ2) is 5.21. The minimum absolute atomic E-state index is 0.186. The molecule has 23 heavy (non-hydrogen) atoms. The first-order valence-corrected chi connectivity index (χ1v) is 7.32. The molecule has 118 valence electrons. The molecule has 0 amide bonds. The first kappa shape index (κ1) is 15.2. The van der Waals surface area contributed by atoms with Crippen LogP contribution in [0, 0.1) is 6.92 Å². The molecule has 0 atom stereocenters. The van der Waals surface area contributed by atoms with E-state index in [1.54, 1.807) is 26.0 Å². The number of rotatable bonds is 3. The third-order valence-corrected chi connectivity index (χ3v) is 3.84. The summed E-state index contributed by atoms with van der Waals surface area (Å²) in [6, 6.07) is 10.5. The highest BCUT2D eigenvalue weighted by Gasteiger charge is 2.22. The summed E-state index contributed by atoms with van der Waals surface area (Å²) in [4.78, 5) is 18.9. The lowest BCUT2D eigenvalue weighted by Crippen LogP contribution is -2.17. The molecule has 1 aromatic heterocycles. The van der Waals surface area contributed by atoms with Crippen molar-refractivity contribution in [2.24, 2.45) is 0 Å². The molecule has 3 N–H and O–H groups in total. The van der Waals surface area contributed by atoms with Gasteiger partial charge in [-0.1, -0.05) is 12.1 Å². The van der Waals surface area contributed by atoms with Crippen LogP contribution in [-0.2, 0) is 5.60 Å². The predicted molar refractivity (Wildman–Crippen MR) is 88.5 cm³/mol. The molecule has 0 radical (unpaired) electrons. The first-order valence-electron chi connectivity index (χ1n) is 7.32. The van der Waals surface area contributed by atoms with Gasteiger partial charge in [-0.3, -0.25) is 0 Å². The van der Waals surface area contributed by atoms with Crippen molar-refractivity contribution in [2.45, 2.75) is 26.4 Å². The summed E-state index contributed by atoms with van der Waals surface area (Å²) in [7, 11) is 0. The number of aliphatic hydroxyl groups is 1. The third kappa shape index (κ3) is 2.83. The Balaban J connectivity index is 2.25. The second-order valence-corrected chi connectivity index (χ2v) is 6.18. The van der Waals surface area contributed by atoms with E-state index in [0.717, 1.165) is 22.4 Å². The predicted octanol–water partition coefficient (Wildman–Crippen LogP) is 3.46. The molecule has 0 spiro atoms. The summed E-state index contributed by atoms with van der Waals surface area (Å²) >= 11 is 0. The standard InChI is InChI=1S/C18H18N2O3/c1-10-19-15-7-5-11(9-16(15)20-10)13-8-12(17(21)22)4-6-14(13)18(2,3)23/h4-9,23H,1-3H3,(H,19,20)(H,21,22). The summed E-state index contributed by atoms with van der Waals surface area (Å²) < 4.78 is 0. The lowest BCUT2D eigenvalue weighted by Gasteiger charge is -2.22. The van der Waals surface area contributed by atoms with Crippen molar-refractivity contribution in [3.63, 3.8) is 0 Å². The van der Waals surface area contributed by atoms with E-state index in [1.165, 1.54) is 6.07 Å². The van der Waals surface area contributed by atoms with Crippen LogP contribution in [-0.4, -0.2) is 26.2 Å². The van der Waals surface area contributed by atoms with Gasteiger partial charge in [0, 0.05) is 0 Å². The smallest absolute Gasteiger partial charge is 0.335 e. The zero-order chi connectivity index (χ0) is 16.8. The maximum absolute atomic E-state index is 11.3. The molecule has 0 aliphatic carbocycles. The Kier molecular flexibility index (Phi) is 3.45. The lowest BCUT2D eigenvalue weighted by molar-refractivity contribution is 0.0692. The number of nitrogens with zero attached hydrogens (tertiary/aromatic N) is 1. The van der Waals surface area contributed by atoms with Crippen LogP contribution in [0.5, 0.6) is 0 Å². The number of carboxylic acid groups (broad SMARTS) is 1. The number of nitrogens with one attached hydrogen (secondary N) is 1. The Morgan fingerprint density at radius 3 is 2.57 bits per heavy atom.